The summed E-state index contributed by atoms with van der Waals surface area (Å²) in [5.74, 6) is 0.198. The van der Waals surface area contributed by atoms with Crippen molar-refractivity contribution in [3.63, 3.8) is 0 Å². The fourth-order valence-corrected chi connectivity index (χ4v) is 2.85. The summed E-state index contributed by atoms with van der Waals surface area (Å²) in [6.07, 6.45) is 0. The molecule has 1 aromatic heterocycles. The van der Waals surface area contributed by atoms with Gasteiger partial charge >= 0.3 is 0 Å². The lowest BCUT2D eigenvalue weighted by atomic mass is 10.0. The van der Waals surface area contributed by atoms with Crippen LogP contribution in [0, 0.1) is 5.82 Å². The second-order valence-corrected chi connectivity index (χ2v) is 5.35. The first-order valence-corrected chi connectivity index (χ1v) is 6.61. The highest BCUT2D eigenvalue weighted by Gasteiger charge is 2.22. The molecule has 17 heavy (non-hydrogen) atoms. The largest absolute Gasteiger partial charge is 0.315 e. The fraction of sp³-hybridized carbons (Fsp3) is 0.250. The zero-order valence-corrected chi connectivity index (χ0v) is 10.5. The van der Waals surface area contributed by atoms with E-state index in [2.05, 4.69) is 10.3 Å². The Hall–Kier alpha value is -0.970. The van der Waals surface area contributed by atoms with Gasteiger partial charge in [0.05, 0.1) is 5.69 Å². The lowest BCUT2D eigenvalue weighted by molar-refractivity contribution is 0.441. The SMILES string of the molecule is Fc1ccc(Cl)cc1-c1nc(C2CNC2)cs1. The number of nitrogens with zero attached hydrogens (tertiary/aromatic N) is 1. The molecule has 0 radical (unpaired) electrons. The van der Waals surface area contributed by atoms with Crippen molar-refractivity contribution in [3.8, 4) is 10.6 Å². The van der Waals surface area contributed by atoms with E-state index in [-0.39, 0.29) is 5.82 Å². The third-order valence-electron chi connectivity index (χ3n) is 2.88. The van der Waals surface area contributed by atoms with Gasteiger partial charge in [-0.3, -0.25) is 0 Å². The molecule has 5 heteroatoms. The summed E-state index contributed by atoms with van der Waals surface area (Å²) in [6, 6.07) is 4.55. The molecule has 0 aliphatic carbocycles. The molecule has 1 N–H and O–H groups in total. The Labute approximate surface area is 107 Å². The summed E-state index contributed by atoms with van der Waals surface area (Å²) in [4.78, 5) is 4.48. The van der Waals surface area contributed by atoms with Crippen LogP contribution in [-0.2, 0) is 0 Å². The molecule has 1 fully saturated rings. The van der Waals surface area contributed by atoms with Gasteiger partial charge in [0.25, 0.3) is 0 Å². The Morgan fingerprint density at radius 3 is 2.94 bits per heavy atom. The number of aromatic nitrogens is 1. The monoisotopic (exact) mass is 268 g/mol. The zero-order chi connectivity index (χ0) is 11.8. The van der Waals surface area contributed by atoms with E-state index in [4.69, 9.17) is 11.6 Å². The number of benzene rings is 1. The molecule has 2 aromatic rings. The number of rotatable bonds is 2. The van der Waals surface area contributed by atoms with Crippen molar-refractivity contribution in [3.05, 3.63) is 40.1 Å². The van der Waals surface area contributed by atoms with Crippen molar-refractivity contribution in [1.82, 2.24) is 10.3 Å². The second-order valence-electron chi connectivity index (χ2n) is 4.06. The van der Waals surface area contributed by atoms with Gasteiger partial charge in [-0.15, -0.1) is 11.3 Å². The number of nitrogens with one attached hydrogen (secondary N) is 1. The molecule has 0 bridgehead atoms. The molecule has 0 amide bonds. The maximum Gasteiger partial charge on any atom is 0.133 e. The average molecular weight is 269 g/mol. The molecule has 1 saturated heterocycles. The van der Waals surface area contributed by atoms with Crippen molar-refractivity contribution in [2.75, 3.05) is 13.1 Å². The number of hydrogen-bond donors (Lipinski definition) is 1. The van der Waals surface area contributed by atoms with Crippen molar-refractivity contribution >= 4 is 22.9 Å². The standard InChI is InChI=1S/C12H10ClFN2S/c13-8-1-2-10(14)9(3-8)12-16-11(6-17-12)7-4-15-5-7/h1-3,6-7,15H,4-5H2. The van der Waals surface area contributed by atoms with Crippen LogP contribution in [0.5, 0.6) is 0 Å². The van der Waals surface area contributed by atoms with Gasteiger partial charge in [-0.05, 0) is 18.2 Å². The lowest BCUT2D eigenvalue weighted by Crippen LogP contribution is -2.40. The van der Waals surface area contributed by atoms with Crippen molar-refractivity contribution in [2.24, 2.45) is 0 Å². The first kappa shape index (κ1) is 11.1. The Kier molecular flexibility index (Phi) is 2.86. The fourth-order valence-electron chi connectivity index (χ4n) is 1.76. The predicted molar refractivity (Wildman–Crippen MR) is 68.1 cm³/mol. The lowest BCUT2D eigenvalue weighted by Gasteiger charge is -2.25. The van der Waals surface area contributed by atoms with Crippen LogP contribution >= 0.6 is 22.9 Å². The summed E-state index contributed by atoms with van der Waals surface area (Å²) in [5.41, 5.74) is 1.53. The number of thiazole rings is 1. The Morgan fingerprint density at radius 2 is 2.24 bits per heavy atom. The van der Waals surface area contributed by atoms with Crippen LogP contribution in [0.3, 0.4) is 0 Å². The highest BCUT2D eigenvalue weighted by Crippen LogP contribution is 2.31. The molecule has 1 aliphatic rings. The number of halogens is 2. The average Bonchev–Trinajstić information content (AvgIpc) is 2.68. The molecule has 1 aliphatic heterocycles. The van der Waals surface area contributed by atoms with Crippen LogP contribution in [0.15, 0.2) is 23.6 Å². The maximum atomic E-state index is 13.7. The van der Waals surface area contributed by atoms with E-state index in [1.54, 1.807) is 12.1 Å². The molecule has 0 unspecified atom stereocenters. The molecule has 0 atom stereocenters. The van der Waals surface area contributed by atoms with E-state index in [9.17, 15) is 4.39 Å². The minimum absolute atomic E-state index is 0.276. The minimum atomic E-state index is -0.276. The van der Waals surface area contributed by atoms with Crippen LogP contribution in [0.2, 0.25) is 5.02 Å². The Morgan fingerprint density at radius 1 is 1.41 bits per heavy atom. The van der Waals surface area contributed by atoms with Gasteiger partial charge in [0.1, 0.15) is 10.8 Å². The Balaban J connectivity index is 1.97. The summed E-state index contributed by atoms with van der Waals surface area (Å²) in [5, 5.41) is 6.43. The van der Waals surface area contributed by atoms with Gasteiger partial charge in [0.2, 0.25) is 0 Å². The number of hydrogen-bond acceptors (Lipinski definition) is 3. The summed E-state index contributed by atoms with van der Waals surface area (Å²) in [6.45, 7) is 1.92. The zero-order valence-electron chi connectivity index (χ0n) is 8.91. The molecular weight excluding hydrogens is 259 g/mol. The van der Waals surface area contributed by atoms with Crippen LogP contribution in [0.4, 0.5) is 4.39 Å². The second kappa shape index (κ2) is 4.37. The van der Waals surface area contributed by atoms with Crippen molar-refractivity contribution in [2.45, 2.75) is 5.92 Å². The quantitative estimate of drug-likeness (QED) is 0.904. The van der Waals surface area contributed by atoms with Gasteiger partial charge in [0, 0.05) is 35.0 Å². The molecule has 88 valence electrons. The van der Waals surface area contributed by atoms with Crippen molar-refractivity contribution < 1.29 is 4.39 Å². The van der Waals surface area contributed by atoms with E-state index in [1.807, 2.05) is 5.38 Å². The first-order valence-electron chi connectivity index (χ1n) is 5.35. The molecular formula is C12H10ClFN2S. The molecule has 3 rings (SSSR count). The summed E-state index contributed by atoms with van der Waals surface area (Å²) < 4.78 is 13.7. The van der Waals surface area contributed by atoms with E-state index in [0.717, 1.165) is 18.8 Å². The Bertz CT molecular complexity index is 551. The van der Waals surface area contributed by atoms with E-state index < -0.39 is 0 Å². The summed E-state index contributed by atoms with van der Waals surface area (Å²) >= 11 is 7.34. The van der Waals surface area contributed by atoms with Gasteiger partial charge in [-0.1, -0.05) is 11.6 Å². The molecule has 2 nitrogen and oxygen atoms in total. The minimum Gasteiger partial charge on any atom is -0.315 e. The van der Waals surface area contributed by atoms with Crippen LogP contribution in [-0.4, -0.2) is 18.1 Å². The first-order chi connectivity index (χ1) is 8.24. The molecule has 1 aromatic carbocycles. The molecule has 2 heterocycles. The normalized spacial score (nSPS) is 15.9. The van der Waals surface area contributed by atoms with Crippen LogP contribution in [0.1, 0.15) is 11.6 Å². The van der Waals surface area contributed by atoms with Crippen LogP contribution < -0.4 is 5.32 Å². The van der Waals surface area contributed by atoms with Gasteiger partial charge in [0.15, 0.2) is 0 Å². The third kappa shape index (κ3) is 2.08. The smallest absolute Gasteiger partial charge is 0.133 e. The van der Waals surface area contributed by atoms with Crippen molar-refractivity contribution in [1.29, 1.82) is 0 Å². The van der Waals surface area contributed by atoms with E-state index in [1.165, 1.54) is 17.4 Å². The maximum absolute atomic E-state index is 13.7. The van der Waals surface area contributed by atoms with Gasteiger partial charge < -0.3 is 5.32 Å². The highest BCUT2D eigenvalue weighted by atomic mass is 35.5. The molecule has 0 spiro atoms. The summed E-state index contributed by atoms with van der Waals surface area (Å²) in [7, 11) is 0. The topological polar surface area (TPSA) is 24.9 Å². The van der Waals surface area contributed by atoms with E-state index in [0.29, 0.717) is 21.5 Å². The predicted octanol–water partition coefficient (Wildman–Crippen LogP) is 3.29. The van der Waals surface area contributed by atoms with Crippen LogP contribution in [0.25, 0.3) is 10.6 Å². The van der Waals surface area contributed by atoms with Gasteiger partial charge in [-0.25, -0.2) is 9.37 Å². The third-order valence-corrected chi connectivity index (χ3v) is 4.01. The highest BCUT2D eigenvalue weighted by molar-refractivity contribution is 7.13. The molecule has 0 saturated carbocycles. The van der Waals surface area contributed by atoms with Gasteiger partial charge in [-0.2, -0.15) is 0 Å². The van der Waals surface area contributed by atoms with E-state index >= 15 is 0 Å².